The lowest BCUT2D eigenvalue weighted by Gasteiger charge is -2.17. The SMILES string of the molecule is CCNC(c1ccc(CC)s1)c1cccc(F)c1F. The molecule has 1 N–H and O–H groups in total. The van der Waals surface area contributed by atoms with Gasteiger partial charge in [0.2, 0.25) is 0 Å². The van der Waals surface area contributed by atoms with Gasteiger partial charge in [-0.1, -0.05) is 26.0 Å². The van der Waals surface area contributed by atoms with E-state index in [2.05, 4.69) is 12.2 Å². The Hall–Kier alpha value is -1.26. The molecule has 1 unspecified atom stereocenters. The van der Waals surface area contributed by atoms with Gasteiger partial charge in [0.15, 0.2) is 11.6 Å². The third-order valence-electron chi connectivity index (χ3n) is 3.02. The van der Waals surface area contributed by atoms with Gasteiger partial charge in [-0.25, -0.2) is 8.78 Å². The number of thiophene rings is 1. The Kier molecular flexibility index (Phi) is 4.66. The Balaban J connectivity index is 2.42. The molecule has 4 heteroatoms. The summed E-state index contributed by atoms with van der Waals surface area (Å²) in [6.07, 6.45) is 0.954. The first-order chi connectivity index (χ1) is 9.17. The molecule has 0 radical (unpaired) electrons. The number of rotatable bonds is 5. The van der Waals surface area contributed by atoms with Crippen LogP contribution in [0.2, 0.25) is 0 Å². The molecule has 0 amide bonds. The van der Waals surface area contributed by atoms with Gasteiger partial charge < -0.3 is 5.32 Å². The zero-order chi connectivity index (χ0) is 13.8. The molecular formula is C15H17F2NS. The second-order valence-electron chi connectivity index (χ2n) is 4.29. The van der Waals surface area contributed by atoms with Crippen molar-refractivity contribution in [2.75, 3.05) is 6.54 Å². The minimum absolute atomic E-state index is 0.286. The fraction of sp³-hybridized carbons (Fsp3) is 0.333. The minimum atomic E-state index is -0.798. The molecule has 1 aromatic heterocycles. The molecule has 0 fully saturated rings. The zero-order valence-corrected chi connectivity index (χ0v) is 11.9. The van der Waals surface area contributed by atoms with Gasteiger partial charge in [0, 0.05) is 15.3 Å². The number of hydrogen-bond acceptors (Lipinski definition) is 2. The number of benzene rings is 1. The predicted octanol–water partition coefficient (Wildman–Crippen LogP) is 4.29. The van der Waals surface area contributed by atoms with E-state index in [9.17, 15) is 8.78 Å². The average Bonchev–Trinajstić information content (AvgIpc) is 2.88. The van der Waals surface area contributed by atoms with E-state index in [0.717, 1.165) is 17.4 Å². The van der Waals surface area contributed by atoms with Crippen LogP contribution < -0.4 is 5.32 Å². The Morgan fingerprint density at radius 2 is 1.95 bits per heavy atom. The van der Waals surface area contributed by atoms with E-state index in [0.29, 0.717) is 12.1 Å². The van der Waals surface area contributed by atoms with E-state index < -0.39 is 11.6 Å². The van der Waals surface area contributed by atoms with Gasteiger partial charge in [-0.05, 0) is 31.2 Å². The van der Waals surface area contributed by atoms with E-state index in [-0.39, 0.29) is 6.04 Å². The van der Waals surface area contributed by atoms with Gasteiger partial charge in [-0.15, -0.1) is 11.3 Å². The second kappa shape index (κ2) is 6.26. The Morgan fingerprint density at radius 3 is 2.58 bits per heavy atom. The number of halogens is 2. The molecule has 102 valence electrons. The van der Waals surface area contributed by atoms with Crippen LogP contribution >= 0.6 is 11.3 Å². The lowest BCUT2D eigenvalue weighted by molar-refractivity contribution is 0.484. The summed E-state index contributed by atoms with van der Waals surface area (Å²) >= 11 is 1.64. The van der Waals surface area contributed by atoms with E-state index in [1.807, 2.05) is 19.1 Å². The van der Waals surface area contributed by atoms with E-state index in [1.54, 1.807) is 23.5 Å². The van der Waals surface area contributed by atoms with Crippen molar-refractivity contribution in [1.29, 1.82) is 0 Å². The van der Waals surface area contributed by atoms with Crippen LogP contribution in [0.4, 0.5) is 8.78 Å². The molecule has 0 spiro atoms. The minimum Gasteiger partial charge on any atom is -0.306 e. The lowest BCUT2D eigenvalue weighted by atomic mass is 10.0. The monoisotopic (exact) mass is 281 g/mol. The summed E-state index contributed by atoms with van der Waals surface area (Å²) in [7, 11) is 0. The highest BCUT2D eigenvalue weighted by Gasteiger charge is 2.20. The van der Waals surface area contributed by atoms with Gasteiger partial charge >= 0.3 is 0 Å². The molecule has 0 aliphatic rings. The van der Waals surface area contributed by atoms with Crippen LogP contribution in [0, 0.1) is 11.6 Å². The maximum Gasteiger partial charge on any atom is 0.163 e. The highest BCUT2D eigenvalue weighted by Crippen LogP contribution is 2.30. The fourth-order valence-electron chi connectivity index (χ4n) is 2.05. The Morgan fingerprint density at radius 1 is 1.16 bits per heavy atom. The maximum absolute atomic E-state index is 13.9. The summed E-state index contributed by atoms with van der Waals surface area (Å²) in [5.74, 6) is -1.56. The molecule has 0 saturated heterocycles. The summed E-state index contributed by atoms with van der Waals surface area (Å²) in [6, 6.07) is 8.07. The standard InChI is InChI=1S/C15H17F2NS/c1-3-10-8-9-13(19-10)15(18-4-2)11-6-5-7-12(16)14(11)17/h5-9,15,18H,3-4H2,1-2H3. The molecular weight excluding hydrogens is 264 g/mol. The molecule has 1 atom stereocenters. The van der Waals surface area contributed by atoms with E-state index in [4.69, 9.17) is 0 Å². The van der Waals surface area contributed by atoms with Gasteiger partial charge in [0.25, 0.3) is 0 Å². The van der Waals surface area contributed by atoms with Crippen LogP contribution in [0.1, 0.15) is 35.2 Å². The van der Waals surface area contributed by atoms with Crippen molar-refractivity contribution >= 4 is 11.3 Å². The average molecular weight is 281 g/mol. The van der Waals surface area contributed by atoms with Gasteiger partial charge in [-0.2, -0.15) is 0 Å². The summed E-state index contributed by atoms with van der Waals surface area (Å²) in [5, 5.41) is 3.22. The van der Waals surface area contributed by atoms with E-state index >= 15 is 0 Å². The first-order valence-electron chi connectivity index (χ1n) is 6.43. The molecule has 1 aromatic carbocycles. The van der Waals surface area contributed by atoms with Gasteiger partial charge in [0.1, 0.15) is 0 Å². The maximum atomic E-state index is 13.9. The van der Waals surface area contributed by atoms with Crippen LogP contribution in [0.25, 0.3) is 0 Å². The molecule has 2 rings (SSSR count). The normalized spacial score (nSPS) is 12.6. The van der Waals surface area contributed by atoms with Crippen molar-refractivity contribution in [1.82, 2.24) is 5.32 Å². The number of nitrogens with one attached hydrogen (secondary N) is 1. The topological polar surface area (TPSA) is 12.0 Å². The smallest absolute Gasteiger partial charge is 0.163 e. The number of aryl methyl sites for hydroxylation is 1. The second-order valence-corrected chi connectivity index (χ2v) is 5.49. The summed E-state index contributed by atoms with van der Waals surface area (Å²) < 4.78 is 27.3. The third kappa shape index (κ3) is 3.01. The van der Waals surface area contributed by atoms with Crippen molar-refractivity contribution in [2.45, 2.75) is 26.3 Å². The first kappa shape index (κ1) is 14.2. The molecule has 0 bridgehead atoms. The van der Waals surface area contributed by atoms with E-state index in [1.165, 1.54) is 4.88 Å². The van der Waals surface area contributed by atoms with Crippen LogP contribution in [0.15, 0.2) is 30.3 Å². The van der Waals surface area contributed by atoms with Crippen LogP contribution in [0.5, 0.6) is 0 Å². The molecule has 0 aliphatic heterocycles. The van der Waals surface area contributed by atoms with Crippen LogP contribution in [-0.2, 0) is 6.42 Å². The fourth-order valence-corrected chi connectivity index (χ4v) is 3.10. The first-order valence-corrected chi connectivity index (χ1v) is 7.24. The van der Waals surface area contributed by atoms with Crippen molar-refractivity contribution in [3.63, 3.8) is 0 Å². The molecule has 19 heavy (non-hydrogen) atoms. The summed E-state index contributed by atoms with van der Waals surface area (Å²) in [4.78, 5) is 2.26. The van der Waals surface area contributed by atoms with Crippen LogP contribution in [0.3, 0.4) is 0 Å². The number of hydrogen-bond donors (Lipinski definition) is 1. The molecule has 2 aromatic rings. The summed E-state index contributed by atoms with van der Waals surface area (Å²) in [6.45, 7) is 4.74. The zero-order valence-electron chi connectivity index (χ0n) is 11.0. The molecule has 0 saturated carbocycles. The van der Waals surface area contributed by atoms with Crippen molar-refractivity contribution in [3.8, 4) is 0 Å². The highest BCUT2D eigenvalue weighted by molar-refractivity contribution is 7.12. The van der Waals surface area contributed by atoms with Crippen molar-refractivity contribution in [3.05, 3.63) is 57.3 Å². The largest absolute Gasteiger partial charge is 0.306 e. The lowest BCUT2D eigenvalue weighted by Crippen LogP contribution is -2.22. The quantitative estimate of drug-likeness (QED) is 0.862. The molecule has 1 nitrogen and oxygen atoms in total. The third-order valence-corrected chi connectivity index (χ3v) is 4.31. The van der Waals surface area contributed by atoms with Crippen molar-refractivity contribution < 1.29 is 8.78 Å². The Bertz CT molecular complexity index is 551. The molecule has 1 heterocycles. The predicted molar refractivity (Wildman–Crippen MR) is 75.6 cm³/mol. The van der Waals surface area contributed by atoms with Gasteiger partial charge in [-0.3, -0.25) is 0 Å². The van der Waals surface area contributed by atoms with Crippen LogP contribution in [-0.4, -0.2) is 6.54 Å². The Labute approximate surface area is 116 Å². The highest BCUT2D eigenvalue weighted by atomic mass is 32.1. The van der Waals surface area contributed by atoms with Crippen molar-refractivity contribution in [2.24, 2.45) is 0 Å². The van der Waals surface area contributed by atoms with Gasteiger partial charge in [0.05, 0.1) is 6.04 Å². The molecule has 0 aliphatic carbocycles. The summed E-state index contributed by atoms with van der Waals surface area (Å²) in [5.41, 5.74) is 0.367.